The van der Waals surface area contributed by atoms with Gasteiger partial charge in [-0.2, -0.15) is 13.2 Å². The zero-order chi connectivity index (χ0) is 26.7. The van der Waals surface area contributed by atoms with Crippen molar-refractivity contribution in [3.05, 3.63) is 69.0 Å². The minimum absolute atomic E-state index is 0.00794. The molecule has 6 nitrogen and oxygen atoms in total. The molecule has 1 amide bonds. The van der Waals surface area contributed by atoms with E-state index in [1.54, 1.807) is 32.9 Å². The molecule has 4 rings (SSSR count). The number of hydrogen-bond acceptors (Lipinski definition) is 5. The van der Waals surface area contributed by atoms with Gasteiger partial charge in [-0.15, -0.1) is 0 Å². The van der Waals surface area contributed by atoms with Crippen molar-refractivity contribution < 1.29 is 37.0 Å². The number of ether oxygens (including phenoxy) is 1. The van der Waals surface area contributed by atoms with Gasteiger partial charge in [-0.05, 0) is 44.0 Å². The molecule has 36 heavy (non-hydrogen) atoms. The van der Waals surface area contributed by atoms with Crippen LogP contribution in [-0.4, -0.2) is 46.7 Å². The van der Waals surface area contributed by atoms with E-state index in [0.717, 1.165) is 12.1 Å². The number of nitrogens with zero attached hydrogens (tertiary/aromatic N) is 2. The first-order valence-corrected chi connectivity index (χ1v) is 11.6. The van der Waals surface area contributed by atoms with Gasteiger partial charge in [-0.25, -0.2) is 9.18 Å². The molecule has 12 heteroatoms. The number of amides is 1. The maximum absolute atomic E-state index is 14.2. The lowest BCUT2D eigenvalue weighted by Crippen LogP contribution is -2.61. The molecule has 0 radical (unpaired) electrons. The number of carbonyl (C=O) groups excluding carboxylic acids is 1. The summed E-state index contributed by atoms with van der Waals surface area (Å²) in [4.78, 5) is 18.4. The lowest BCUT2D eigenvalue weighted by Gasteiger charge is -2.46. The second kappa shape index (κ2) is 8.78. The Kier molecular flexibility index (Phi) is 6.46. The second-order valence-corrected chi connectivity index (χ2v) is 10.6. The molecule has 194 valence electrons. The number of halogens is 6. The molecule has 0 bridgehead atoms. The Balaban J connectivity index is 1.52. The normalized spacial score (nSPS) is 21.5. The first-order chi connectivity index (χ1) is 16.5. The molecule has 1 atom stereocenters. The minimum Gasteiger partial charge on any atom is -0.444 e. The molecular weight excluding hydrogens is 527 g/mol. The maximum Gasteiger partial charge on any atom is 0.435 e. The zero-order valence-corrected chi connectivity index (χ0v) is 20.9. The van der Waals surface area contributed by atoms with Crippen LogP contribution in [0.1, 0.15) is 43.9 Å². The van der Waals surface area contributed by atoms with E-state index >= 15 is 0 Å². The highest BCUT2D eigenvalue weighted by atomic mass is 35.5. The fourth-order valence-corrected chi connectivity index (χ4v) is 4.53. The van der Waals surface area contributed by atoms with Gasteiger partial charge in [-0.1, -0.05) is 52.6 Å². The summed E-state index contributed by atoms with van der Waals surface area (Å²) in [5, 5.41) is 13.4. The Morgan fingerprint density at radius 1 is 1.08 bits per heavy atom. The molecular formula is C24H22Cl2F4N2O4. The van der Waals surface area contributed by atoms with Gasteiger partial charge in [0.05, 0.1) is 28.8 Å². The number of likely N-dealkylation sites (tertiary alicyclic amines) is 1. The maximum atomic E-state index is 14.2. The van der Waals surface area contributed by atoms with Crippen molar-refractivity contribution >= 4 is 35.0 Å². The van der Waals surface area contributed by atoms with Gasteiger partial charge in [0.15, 0.2) is 5.82 Å². The standard InChI is InChI=1S/C24H22Cl2F4N2O4/c1-21(2,3)35-20(33)32-11-22(34,12-32)14-6-4-13(5-7-14)18-10-23(36-31-18,24(28,29)30)15-8-16(25)19(27)17(26)9-15/h4-9,34H,10-12H2,1-3H3/t23-/m1/s1. The Bertz CT molecular complexity index is 1200. The number of benzene rings is 2. The summed E-state index contributed by atoms with van der Waals surface area (Å²) in [6.45, 7) is 5.22. The Morgan fingerprint density at radius 2 is 1.64 bits per heavy atom. The third-order valence-electron chi connectivity index (χ3n) is 5.95. The topological polar surface area (TPSA) is 71.4 Å². The fourth-order valence-electron chi connectivity index (χ4n) is 4.04. The van der Waals surface area contributed by atoms with Crippen LogP contribution in [0.4, 0.5) is 22.4 Å². The lowest BCUT2D eigenvalue weighted by molar-refractivity contribution is -0.275. The van der Waals surface area contributed by atoms with Crippen LogP contribution in [0.3, 0.4) is 0 Å². The second-order valence-electron chi connectivity index (χ2n) is 9.83. The zero-order valence-electron chi connectivity index (χ0n) is 19.4. The number of β-amino-alcohol motifs (C(OH)–C–C–N with tert-alkyl or cyclic N) is 1. The van der Waals surface area contributed by atoms with E-state index in [-0.39, 0.29) is 18.8 Å². The average Bonchev–Trinajstić information content (AvgIpc) is 3.21. The van der Waals surface area contributed by atoms with Crippen LogP contribution in [-0.2, 0) is 20.8 Å². The number of rotatable bonds is 3. The monoisotopic (exact) mass is 548 g/mol. The molecule has 1 fully saturated rings. The lowest BCUT2D eigenvalue weighted by atomic mass is 9.84. The number of oxime groups is 1. The predicted octanol–water partition coefficient (Wildman–Crippen LogP) is 6.15. The number of carbonyl (C=O) groups is 1. The molecule has 2 aromatic carbocycles. The summed E-state index contributed by atoms with van der Waals surface area (Å²) in [7, 11) is 0. The molecule has 2 aliphatic rings. The van der Waals surface area contributed by atoms with E-state index in [9.17, 15) is 27.5 Å². The molecule has 0 spiro atoms. The summed E-state index contributed by atoms with van der Waals surface area (Å²) in [6.07, 6.45) is -6.18. The van der Waals surface area contributed by atoms with Crippen molar-refractivity contribution in [2.75, 3.05) is 13.1 Å². The number of alkyl halides is 3. The average molecular weight is 549 g/mol. The van der Waals surface area contributed by atoms with Crippen molar-refractivity contribution in [3.8, 4) is 0 Å². The third kappa shape index (κ3) is 4.73. The highest BCUT2D eigenvalue weighted by Crippen LogP contribution is 2.50. The van der Waals surface area contributed by atoms with E-state index in [1.807, 2.05) is 0 Å². The minimum atomic E-state index is -4.92. The van der Waals surface area contributed by atoms with Crippen LogP contribution in [0.25, 0.3) is 0 Å². The van der Waals surface area contributed by atoms with Crippen LogP contribution in [0, 0.1) is 5.82 Å². The van der Waals surface area contributed by atoms with Crippen LogP contribution in [0.5, 0.6) is 0 Å². The van der Waals surface area contributed by atoms with Gasteiger partial charge >= 0.3 is 12.3 Å². The SMILES string of the molecule is CC(C)(C)OC(=O)N1CC(O)(c2ccc(C3=NO[C@](c4cc(Cl)c(F)c(Cl)c4)(C(F)(F)F)C3)cc2)C1. The molecule has 2 heterocycles. The Labute approximate surface area is 214 Å². The Hall–Kier alpha value is -2.56. The summed E-state index contributed by atoms with van der Waals surface area (Å²) in [5.41, 5.74) is -4.57. The Morgan fingerprint density at radius 3 is 2.14 bits per heavy atom. The summed E-state index contributed by atoms with van der Waals surface area (Å²) in [5.74, 6) is -1.03. The summed E-state index contributed by atoms with van der Waals surface area (Å²) < 4.78 is 61.6. The van der Waals surface area contributed by atoms with Crippen molar-refractivity contribution in [3.63, 3.8) is 0 Å². The van der Waals surface area contributed by atoms with Crippen LogP contribution < -0.4 is 0 Å². The van der Waals surface area contributed by atoms with Crippen LogP contribution in [0.2, 0.25) is 10.0 Å². The van der Waals surface area contributed by atoms with E-state index in [0.29, 0.717) is 11.1 Å². The smallest absolute Gasteiger partial charge is 0.435 e. The molecule has 0 aliphatic carbocycles. The molecule has 2 aliphatic heterocycles. The molecule has 0 saturated carbocycles. The molecule has 1 N–H and O–H groups in total. The van der Waals surface area contributed by atoms with Gasteiger partial charge in [-0.3, -0.25) is 0 Å². The predicted molar refractivity (Wildman–Crippen MR) is 125 cm³/mol. The van der Waals surface area contributed by atoms with Crippen molar-refractivity contribution in [1.82, 2.24) is 4.90 Å². The quantitative estimate of drug-likeness (QED) is 0.368. The molecule has 1 saturated heterocycles. The molecule has 0 unspecified atom stereocenters. The van der Waals surface area contributed by atoms with Crippen LogP contribution >= 0.6 is 23.2 Å². The van der Waals surface area contributed by atoms with Gasteiger partial charge < -0.3 is 19.6 Å². The van der Waals surface area contributed by atoms with Gasteiger partial charge in [0.25, 0.3) is 5.60 Å². The van der Waals surface area contributed by atoms with E-state index in [2.05, 4.69) is 5.16 Å². The number of aliphatic hydroxyl groups is 1. The van der Waals surface area contributed by atoms with E-state index in [4.69, 9.17) is 32.8 Å². The highest BCUT2D eigenvalue weighted by Gasteiger charge is 2.62. The van der Waals surface area contributed by atoms with Crippen molar-refractivity contribution in [2.45, 2.75) is 50.2 Å². The van der Waals surface area contributed by atoms with Gasteiger partial charge in [0, 0.05) is 12.0 Å². The summed E-state index contributed by atoms with van der Waals surface area (Å²) in [6, 6.07) is 7.74. The number of hydrogen-bond donors (Lipinski definition) is 1. The van der Waals surface area contributed by atoms with E-state index < -0.39 is 56.9 Å². The van der Waals surface area contributed by atoms with Gasteiger partial charge in [0.2, 0.25) is 0 Å². The van der Waals surface area contributed by atoms with Gasteiger partial charge in [0.1, 0.15) is 11.2 Å². The fraction of sp³-hybridized carbons (Fsp3) is 0.417. The largest absolute Gasteiger partial charge is 0.444 e. The molecule has 0 aromatic heterocycles. The first kappa shape index (κ1) is 26.5. The molecule has 2 aromatic rings. The highest BCUT2D eigenvalue weighted by molar-refractivity contribution is 6.35. The first-order valence-electron chi connectivity index (χ1n) is 10.8. The summed E-state index contributed by atoms with van der Waals surface area (Å²) >= 11 is 11.5. The van der Waals surface area contributed by atoms with Crippen LogP contribution in [0.15, 0.2) is 41.6 Å². The van der Waals surface area contributed by atoms with E-state index in [1.165, 1.54) is 17.0 Å². The third-order valence-corrected chi connectivity index (χ3v) is 6.50. The van der Waals surface area contributed by atoms with Crippen molar-refractivity contribution in [1.29, 1.82) is 0 Å². The van der Waals surface area contributed by atoms with Crippen molar-refractivity contribution in [2.24, 2.45) is 5.16 Å².